The van der Waals surface area contributed by atoms with Crippen molar-refractivity contribution in [1.29, 1.82) is 0 Å². The number of rotatable bonds is 8. The monoisotopic (exact) mass is 872 g/mol. The molecular weight excluding hydrogens is 817 g/mol. The highest BCUT2D eigenvalue weighted by Gasteiger charge is 2.41. The number of fused-ring (bicyclic) bond motifs is 6. The Morgan fingerprint density at radius 2 is 0.953 bits per heavy atom. The molecule has 0 bridgehead atoms. The Bertz CT molecular complexity index is 2200. The summed E-state index contributed by atoms with van der Waals surface area (Å²) in [6.45, 7) is 12.3. The highest BCUT2D eigenvalue weighted by atomic mass is 16.5. The summed E-state index contributed by atoms with van der Waals surface area (Å²) in [7, 11) is 0. The quantitative estimate of drug-likeness (QED) is 0.191. The van der Waals surface area contributed by atoms with Gasteiger partial charge in [-0.25, -0.2) is 29.5 Å². The number of benzene rings is 2. The van der Waals surface area contributed by atoms with Crippen LogP contribution in [0.1, 0.15) is 74.1 Å². The first-order valence-electron chi connectivity index (χ1n) is 22.6. The van der Waals surface area contributed by atoms with Crippen LogP contribution in [0.2, 0.25) is 0 Å². The molecule has 2 unspecified atom stereocenters. The Balaban J connectivity index is 0.000000162. The molecule has 2 aromatic carbocycles. The van der Waals surface area contributed by atoms with Gasteiger partial charge in [0.1, 0.15) is 11.6 Å². The van der Waals surface area contributed by atoms with E-state index in [9.17, 15) is 19.2 Å². The lowest BCUT2D eigenvalue weighted by Gasteiger charge is -2.36. The van der Waals surface area contributed by atoms with Crippen molar-refractivity contribution >= 4 is 46.9 Å². The number of ether oxygens (including phenoxy) is 2. The molecule has 4 saturated heterocycles. The first-order chi connectivity index (χ1) is 31.3. The van der Waals surface area contributed by atoms with Crippen molar-refractivity contribution < 1.29 is 28.7 Å². The van der Waals surface area contributed by atoms with Gasteiger partial charge in [-0.1, -0.05) is 0 Å². The maximum atomic E-state index is 12.3. The van der Waals surface area contributed by atoms with Crippen LogP contribution < -0.4 is 31.1 Å². The standard InChI is InChI=1S/2C23H28N6O3/c2*1-2-24-23(31)25-16-5-3-15(4-6-16)21-26-20-17(9-10-29-18(20)7-8-19(29)30)22(27-21)28-11-13-32-14-12-28/h2*3-6,18H,2,7-14H2,1H3,(H2,24,25,31). The molecule has 2 aromatic heterocycles. The summed E-state index contributed by atoms with van der Waals surface area (Å²) in [6, 6.07) is 14.7. The van der Waals surface area contributed by atoms with Crippen LogP contribution >= 0.6 is 0 Å². The van der Waals surface area contributed by atoms with Crippen LogP contribution in [0, 0.1) is 0 Å². The molecule has 18 heteroatoms. The number of morpholine rings is 2. The minimum Gasteiger partial charge on any atom is -0.378 e. The normalized spacial score (nSPS) is 20.0. The fourth-order valence-corrected chi connectivity index (χ4v) is 9.48. The first kappa shape index (κ1) is 42.9. The summed E-state index contributed by atoms with van der Waals surface area (Å²) in [5.74, 6) is 3.67. The average Bonchev–Trinajstić information content (AvgIpc) is 3.91. The number of aromatic nitrogens is 4. The SMILES string of the molecule is CCNC(=O)Nc1ccc(-c2nc3c(c(N4CCOCC4)n2)CCN2C(=O)CCC32)cc1.CCNC(=O)Nc1ccc(-c2nc3c(c(N4CCOCC4)n2)CCN2C(=O)CCC32)cc1. The molecule has 4 aromatic rings. The summed E-state index contributed by atoms with van der Waals surface area (Å²) >= 11 is 0. The van der Waals surface area contributed by atoms with Crippen LogP contribution in [0.25, 0.3) is 22.8 Å². The van der Waals surface area contributed by atoms with E-state index in [1.807, 2.05) is 72.2 Å². The van der Waals surface area contributed by atoms with Gasteiger partial charge in [-0.05, 0) is 88.1 Å². The number of anilines is 4. The van der Waals surface area contributed by atoms with E-state index in [2.05, 4.69) is 31.1 Å². The van der Waals surface area contributed by atoms with E-state index in [-0.39, 0.29) is 36.0 Å². The van der Waals surface area contributed by atoms with Crippen LogP contribution in [0.5, 0.6) is 0 Å². The minimum atomic E-state index is -0.231. The third-order valence-corrected chi connectivity index (χ3v) is 12.6. The Hall–Kier alpha value is -6.40. The van der Waals surface area contributed by atoms with Gasteiger partial charge >= 0.3 is 12.1 Å². The van der Waals surface area contributed by atoms with E-state index in [1.54, 1.807) is 0 Å². The van der Waals surface area contributed by atoms with Crippen molar-refractivity contribution in [1.82, 2.24) is 40.4 Å². The molecule has 6 aliphatic rings. The Labute approximate surface area is 372 Å². The zero-order valence-corrected chi connectivity index (χ0v) is 36.5. The summed E-state index contributed by atoms with van der Waals surface area (Å²) in [5.41, 5.74) is 7.48. The molecule has 6 aliphatic heterocycles. The molecule has 8 heterocycles. The molecule has 0 aliphatic carbocycles. The van der Waals surface area contributed by atoms with Crippen molar-refractivity contribution in [3.63, 3.8) is 0 Å². The molecule has 2 atom stereocenters. The summed E-state index contributed by atoms with van der Waals surface area (Å²) < 4.78 is 11.1. The van der Waals surface area contributed by atoms with E-state index >= 15 is 0 Å². The maximum Gasteiger partial charge on any atom is 0.319 e. The lowest BCUT2D eigenvalue weighted by Crippen LogP contribution is -2.40. The van der Waals surface area contributed by atoms with Crippen molar-refractivity contribution in [2.75, 3.05) is 99.2 Å². The van der Waals surface area contributed by atoms with Crippen LogP contribution in [-0.2, 0) is 31.9 Å². The predicted molar refractivity (Wildman–Crippen MR) is 241 cm³/mol. The number of carbonyl (C=O) groups excluding carboxylic acids is 4. The Morgan fingerprint density at radius 1 is 0.562 bits per heavy atom. The van der Waals surface area contributed by atoms with E-state index in [4.69, 9.17) is 29.4 Å². The highest BCUT2D eigenvalue weighted by molar-refractivity contribution is 5.90. The lowest BCUT2D eigenvalue weighted by atomic mass is 9.97. The van der Waals surface area contributed by atoms with Gasteiger partial charge in [-0.15, -0.1) is 0 Å². The fraction of sp³-hybridized carbons (Fsp3) is 0.478. The number of carbonyl (C=O) groups is 4. The van der Waals surface area contributed by atoms with Gasteiger partial charge in [-0.3, -0.25) is 9.59 Å². The average molecular weight is 873 g/mol. The zero-order valence-electron chi connectivity index (χ0n) is 36.5. The number of hydrogen-bond acceptors (Lipinski definition) is 12. The predicted octanol–water partition coefficient (Wildman–Crippen LogP) is 4.68. The van der Waals surface area contributed by atoms with E-state index in [1.165, 1.54) is 11.1 Å². The molecule has 336 valence electrons. The largest absolute Gasteiger partial charge is 0.378 e. The molecular formula is C46H56N12O6. The van der Waals surface area contributed by atoms with Gasteiger partial charge in [0.15, 0.2) is 11.6 Å². The molecule has 18 nitrogen and oxygen atoms in total. The van der Waals surface area contributed by atoms with Crippen molar-refractivity contribution in [2.45, 2.75) is 64.5 Å². The lowest BCUT2D eigenvalue weighted by molar-refractivity contribution is -0.130. The topological polar surface area (TPSA) is 199 Å². The van der Waals surface area contributed by atoms with Crippen LogP contribution in [0.3, 0.4) is 0 Å². The van der Waals surface area contributed by atoms with Crippen molar-refractivity contribution in [3.05, 3.63) is 71.0 Å². The van der Waals surface area contributed by atoms with Crippen molar-refractivity contribution in [2.24, 2.45) is 0 Å². The number of nitrogens with one attached hydrogen (secondary N) is 4. The zero-order chi connectivity index (χ0) is 44.2. The van der Waals surface area contributed by atoms with Crippen LogP contribution in [-0.4, -0.2) is 132 Å². The molecule has 4 fully saturated rings. The van der Waals surface area contributed by atoms with Crippen LogP contribution in [0.4, 0.5) is 32.6 Å². The second-order valence-electron chi connectivity index (χ2n) is 16.6. The first-order valence-corrected chi connectivity index (χ1v) is 22.6. The third kappa shape index (κ3) is 9.01. The van der Waals surface area contributed by atoms with Gasteiger partial charge in [0, 0.05) is 98.8 Å². The van der Waals surface area contributed by atoms with Gasteiger partial charge < -0.3 is 50.3 Å². The second-order valence-corrected chi connectivity index (χ2v) is 16.6. The minimum absolute atomic E-state index is 0.0338. The van der Waals surface area contributed by atoms with Gasteiger partial charge in [0.25, 0.3) is 0 Å². The van der Waals surface area contributed by atoms with Crippen LogP contribution in [0.15, 0.2) is 48.5 Å². The molecule has 10 rings (SSSR count). The molecule has 0 spiro atoms. The molecule has 4 N–H and O–H groups in total. The summed E-state index contributed by atoms with van der Waals surface area (Å²) in [6.07, 6.45) is 4.33. The molecule has 0 radical (unpaired) electrons. The number of urea groups is 2. The summed E-state index contributed by atoms with van der Waals surface area (Å²) in [5, 5.41) is 11.1. The van der Waals surface area contributed by atoms with Gasteiger partial charge in [0.05, 0.1) is 49.9 Å². The van der Waals surface area contributed by atoms with Crippen molar-refractivity contribution in [3.8, 4) is 22.8 Å². The highest BCUT2D eigenvalue weighted by Crippen LogP contribution is 2.43. The van der Waals surface area contributed by atoms with Gasteiger partial charge in [-0.2, -0.15) is 0 Å². The Morgan fingerprint density at radius 3 is 1.33 bits per heavy atom. The smallest absolute Gasteiger partial charge is 0.319 e. The third-order valence-electron chi connectivity index (χ3n) is 12.6. The summed E-state index contributed by atoms with van der Waals surface area (Å²) in [4.78, 5) is 76.7. The maximum absolute atomic E-state index is 12.3. The number of nitrogens with zero attached hydrogens (tertiary/aromatic N) is 8. The molecule has 0 saturated carbocycles. The number of amides is 6. The second kappa shape index (κ2) is 19.1. The number of hydrogen-bond donors (Lipinski definition) is 4. The van der Waals surface area contributed by atoms with Gasteiger partial charge in [0.2, 0.25) is 11.8 Å². The molecule has 64 heavy (non-hydrogen) atoms. The molecule has 6 amide bonds. The van der Waals surface area contributed by atoms with E-state index in [0.717, 1.165) is 99.1 Å². The van der Waals surface area contributed by atoms with E-state index in [0.29, 0.717) is 75.4 Å². The van der Waals surface area contributed by atoms with E-state index < -0.39 is 0 Å². The Kier molecular flexibility index (Phi) is 12.8. The fourth-order valence-electron chi connectivity index (χ4n) is 9.48.